The van der Waals surface area contributed by atoms with E-state index in [1.165, 1.54) is 0 Å². The standard InChI is InChI=1S/C12H15BrN6O2/c1-19(6-10-17-12(4-14)21-18-10)7-11(20)16-9-3-2-8(13)5-15-9/h2-3,5H,4,6-7,14H2,1H3,(H,15,16,20). The molecule has 8 nitrogen and oxygen atoms in total. The highest BCUT2D eigenvalue weighted by molar-refractivity contribution is 9.10. The molecule has 0 aliphatic heterocycles. The molecule has 0 aliphatic rings. The lowest BCUT2D eigenvalue weighted by atomic mass is 10.4. The molecule has 0 aliphatic carbocycles. The van der Waals surface area contributed by atoms with Crippen LogP contribution in [0, 0.1) is 0 Å². The zero-order valence-electron chi connectivity index (χ0n) is 11.4. The Bertz CT molecular complexity index is 600. The first-order chi connectivity index (χ1) is 10.1. The molecule has 9 heteroatoms. The van der Waals surface area contributed by atoms with Gasteiger partial charge >= 0.3 is 0 Å². The second-order valence-corrected chi connectivity index (χ2v) is 5.31. The van der Waals surface area contributed by atoms with Gasteiger partial charge in [0.2, 0.25) is 11.8 Å². The molecular formula is C12H15BrN6O2. The Morgan fingerprint density at radius 2 is 2.33 bits per heavy atom. The number of amides is 1. The highest BCUT2D eigenvalue weighted by atomic mass is 79.9. The predicted octanol–water partition coefficient (Wildman–Crippen LogP) is 0.756. The van der Waals surface area contributed by atoms with E-state index >= 15 is 0 Å². The highest BCUT2D eigenvalue weighted by Crippen LogP contribution is 2.10. The molecule has 112 valence electrons. The van der Waals surface area contributed by atoms with Crippen LogP contribution < -0.4 is 11.1 Å². The van der Waals surface area contributed by atoms with Gasteiger partial charge in [0.25, 0.3) is 0 Å². The third-order valence-corrected chi connectivity index (χ3v) is 2.97. The fraction of sp³-hybridized carbons (Fsp3) is 0.333. The van der Waals surface area contributed by atoms with Crippen LogP contribution in [0.15, 0.2) is 27.3 Å². The number of likely N-dealkylation sites (N-methyl/N-ethyl adjacent to an activating group) is 1. The van der Waals surface area contributed by atoms with E-state index in [0.717, 1.165) is 4.47 Å². The molecule has 0 saturated carbocycles. The van der Waals surface area contributed by atoms with Gasteiger partial charge in [-0.15, -0.1) is 0 Å². The Kier molecular flexibility index (Phi) is 5.37. The van der Waals surface area contributed by atoms with E-state index in [4.69, 9.17) is 10.3 Å². The van der Waals surface area contributed by atoms with E-state index in [1.54, 1.807) is 30.3 Å². The summed E-state index contributed by atoms with van der Waals surface area (Å²) < 4.78 is 5.75. The van der Waals surface area contributed by atoms with Crippen molar-refractivity contribution in [2.75, 3.05) is 18.9 Å². The number of carbonyl (C=O) groups excluding carboxylic acids is 1. The largest absolute Gasteiger partial charge is 0.338 e. The number of carbonyl (C=O) groups is 1. The van der Waals surface area contributed by atoms with E-state index in [-0.39, 0.29) is 19.0 Å². The molecule has 1 amide bonds. The number of anilines is 1. The number of aromatic nitrogens is 3. The third kappa shape index (κ3) is 4.88. The number of halogens is 1. The van der Waals surface area contributed by atoms with Crippen LogP contribution in [0.2, 0.25) is 0 Å². The Hall–Kier alpha value is -1.84. The molecule has 2 heterocycles. The summed E-state index contributed by atoms with van der Waals surface area (Å²) in [6.45, 7) is 0.779. The minimum Gasteiger partial charge on any atom is -0.338 e. The highest BCUT2D eigenvalue weighted by Gasteiger charge is 2.11. The maximum absolute atomic E-state index is 11.9. The number of hydrogen-bond donors (Lipinski definition) is 2. The fourth-order valence-electron chi connectivity index (χ4n) is 1.61. The maximum Gasteiger partial charge on any atom is 0.240 e. The molecule has 2 aromatic rings. The first kappa shape index (κ1) is 15.5. The van der Waals surface area contributed by atoms with Crippen LogP contribution in [-0.4, -0.2) is 39.5 Å². The van der Waals surface area contributed by atoms with Crippen LogP contribution in [0.25, 0.3) is 0 Å². The Morgan fingerprint density at radius 1 is 1.52 bits per heavy atom. The van der Waals surface area contributed by atoms with Crippen molar-refractivity contribution in [2.45, 2.75) is 13.1 Å². The Labute approximate surface area is 129 Å². The van der Waals surface area contributed by atoms with Crippen molar-refractivity contribution in [1.82, 2.24) is 20.0 Å². The van der Waals surface area contributed by atoms with Crippen LogP contribution in [0.4, 0.5) is 5.82 Å². The Balaban J connectivity index is 1.82. The van der Waals surface area contributed by atoms with Crippen molar-refractivity contribution >= 4 is 27.7 Å². The average molecular weight is 355 g/mol. The van der Waals surface area contributed by atoms with E-state index < -0.39 is 0 Å². The zero-order chi connectivity index (χ0) is 15.2. The minimum absolute atomic E-state index is 0.171. The van der Waals surface area contributed by atoms with Gasteiger partial charge in [-0.2, -0.15) is 4.98 Å². The van der Waals surface area contributed by atoms with Gasteiger partial charge in [0.15, 0.2) is 5.82 Å². The second kappa shape index (κ2) is 7.25. The topological polar surface area (TPSA) is 110 Å². The molecule has 0 fully saturated rings. The molecule has 0 atom stereocenters. The summed E-state index contributed by atoms with van der Waals surface area (Å²) in [7, 11) is 1.78. The number of nitrogens with one attached hydrogen (secondary N) is 1. The molecule has 0 spiro atoms. The molecule has 0 radical (unpaired) electrons. The SMILES string of the molecule is CN(CC(=O)Nc1ccc(Br)cn1)Cc1noc(CN)n1. The number of nitrogens with two attached hydrogens (primary N) is 1. The quantitative estimate of drug-likeness (QED) is 0.787. The average Bonchev–Trinajstić information content (AvgIpc) is 2.88. The number of pyridine rings is 1. The van der Waals surface area contributed by atoms with Gasteiger partial charge in [0, 0.05) is 10.7 Å². The fourth-order valence-corrected chi connectivity index (χ4v) is 1.85. The van der Waals surface area contributed by atoms with Crippen molar-refractivity contribution in [1.29, 1.82) is 0 Å². The summed E-state index contributed by atoms with van der Waals surface area (Å²) in [6, 6.07) is 3.52. The van der Waals surface area contributed by atoms with E-state index in [1.807, 2.05) is 0 Å². The zero-order valence-corrected chi connectivity index (χ0v) is 13.0. The molecule has 0 saturated heterocycles. The van der Waals surface area contributed by atoms with Crippen molar-refractivity contribution in [3.05, 3.63) is 34.5 Å². The number of hydrogen-bond acceptors (Lipinski definition) is 7. The van der Waals surface area contributed by atoms with Crippen molar-refractivity contribution in [3.8, 4) is 0 Å². The van der Waals surface area contributed by atoms with E-state index in [9.17, 15) is 4.79 Å². The van der Waals surface area contributed by atoms with Gasteiger partial charge in [0.1, 0.15) is 5.82 Å². The third-order valence-electron chi connectivity index (χ3n) is 2.50. The van der Waals surface area contributed by atoms with Gasteiger partial charge < -0.3 is 15.6 Å². The van der Waals surface area contributed by atoms with Crippen LogP contribution in [0.1, 0.15) is 11.7 Å². The molecule has 0 aromatic carbocycles. The van der Waals surface area contributed by atoms with Crippen molar-refractivity contribution in [2.24, 2.45) is 5.73 Å². The second-order valence-electron chi connectivity index (χ2n) is 4.39. The van der Waals surface area contributed by atoms with Crippen molar-refractivity contribution in [3.63, 3.8) is 0 Å². The lowest BCUT2D eigenvalue weighted by Gasteiger charge is -2.13. The molecular weight excluding hydrogens is 340 g/mol. The van der Waals surface area contributed by atoms with E-state index in [2.05, 4.69) is 36.4 Å². The summed E-state index contributed by atoms with van der Waals surface area (Å²) in [5.74, 6) is 1.20. The smallest absolute Gasteiger partial charge is 0.240 e. The first-order valence-corrected chi connectivity index (χ1v) is 6.97. The van der Waals surface area contributed by atoms with Gasteiger partial charge in [0.05, 0.1) is 19.6 Å². The van der Waals surface area contributed by atoms with Crippen LogP contribution in [0.5, 0.6) is 0 Å². The molecule has 0 unspecified atom stereocenters. The van der Waals surface area contributed by atoms with Gasteiger partial charge in [-0.25, -0.2) is 4.98 Å². The maximum atomic E-state index is 11.9. The molecule has 2 aromatic heterocycles. The van der Waals surface area contributed by atoms with E-state index in [0.29, 0.717) is 24.1 Å². The Morgan fingerprint density at radius 3 is 2.95 bits per heavy atom. The van der Waals surface area contributed by atoms with Crippen LogP contribution in [0.3, 0.4) is 0 Å². The molecule has 2 rings (SSSR count). The van der Waals surface area contributed by atoms with Crippen molar-refractivity contribution < 1.29 is 9.32 Å². The van der Waals surface area contributed by atoms with Crippen LogP contribution in [-0.2, 0) is 17.9 Å². The summed E-state index contributed by atoms with van der Waals surface area (Å²) >= 11 is 3.28. The number of nitrogens with zero attached hydrogens (tertiary/aromatic N) is 4. The molecule has 21 heavy (non-hydrogen) atoms. The monoisotopic (exact) mass is 354 g/mol. The van der Waals surface area contributed by atoms with Gasteiger partial charge in [-0.05, 0) is 35.1 Å². The van der Waals surface area contributed by atoms with Crippen LogP contribution >= 0.6 is 15.9 Å². The predicted molar refractivity (Wildman–Crippen MR) is 79.1 cm³/mol. The molecule has 0 bridgehead atoms. The lowest BCUT2D eigenvalue weighted by Crippen LogP contribution is -2.30. The summed E-state index contributed by atoms with van der Waals surface area (Å²) in [6.07, 6.45) is 1.62. The lowest BCUT2D eigenvalue weighted by molar-refractivity contribution is -0.117. The summed E-state index contributed by atoms with van der Waals surface area (Å²) in [5.41, 5.74) is 5.39. The van der Waals surface area contributed by atoms with Gasteiger partial charge in [-0.3, -0.25) is 9.69 Å². The number of rotatable bonds is 6. The summed E-state index contributed by atoms with van der Waals surface area (Å²) in [5, 5.41) is 6.48. The summed E-state index contributed by atoms with van der Waals surface area (Å²) in [4.78, 5) is 21.8. The minimum atomic E-state index is -0.171. The molecule has 3 N–H and O–H groups in total. The first-order valence-electron chi connectivity index (χ1n) is 6.18. The van der Waals surface area contributed by atoms with Gasteiger partial charge in [-0.1, -0.05) is 5.16 Å². The normalized spacial score (nSPS) is 10.9.